The van der Waals surface area contributed by atoms with Crippen molar-refractivity contribution < 1.29 is 23.5 Å². The number of methoxy groups -OCH3 is 2. The summed E-state index contributed by atoms with van der Waals surface area (Å²) in [5, 5.41) is 6.65. The van der Waals surface area contributed by atoms with Gasteiger partial charge in [-0.1, -0.05) is 56.3 Å². The molecule has 0 saturated heterocycles. The van der Waals surface area contributed by atoms with Gasteiger partial charge in [-0.3, -0.25) is 4.79 Å². The lowest BCUT2D eigenvalue weighted by Gasteiger charge is -2.16. The van der Waals surface area contributed by atoms with Crippen LogP contribution in [-0.4, -0.2) is 25.3 Å². The zero-order valence-electron chi connectivity index (χ0n) is 17.8. The fourth-order valence-electron chi connectivity index (χ4n) is 2.76. The average molecular weight is 410 g/mol. The van der Waals surface area contributed by atoms with Crippen molar-refractivity contribution in [2.75, 3.05) is 19.5 Å². The summed E-state index contributed by atoms with van der Waals surface area (Å²) in [5.74, 6) is 1.87. The van der Waals surface area contributed by atoms with Crippen LogP contribution in [0.25, 0.3) is 0 Å². The van der Waals surface area contributed by atoms with Gasteiger partial charge < -0.3 is 24.1 Å². The van der Waals surface area contributed by atoms with Crippen LogP contribution in [0.1, 0.15) is 42.5 Å². The first-order chi connectivity index (χ1) is 14.3. The van der Waals surface area contributed by atoms with Crippen molar-refractivity contribution in [3.05, 3.63) is 65.4 Å². The topological polar surface area (TPSA) is 82.8 Å². The minimum atomic E-state index is -0.366. The molecule has 0 aliphatic rings. The number of ether oxygens (including phenoxy) is 3. The van der Waals surface area contributed by atoms with Crippen molar-refractivity contribution in [1.82, 2.24) is 5.16 Å². The molecule has 158 valence electrons. The van der Waals surface area contributed by atoms with Crippen LogP contribution in [0.5, 0.6) is 17.2 Å². The maximum absolute atomic E-state index is 12.8. The van der Waals surface area contributed by atoms with Crippen molar-refractivity contribution >= 4 is 11.7 Å². The van der Waals surface area contributed by atoms with Crippen LogP contribution in [0.2, 0.25) is 0 Å². The summed E-state index contributed by atoms with van der Waals surface area (Å²) in [4.78, 5) is 12.8. The van der Waals surface area contributed by atoms with Crippen LogP contribution in [-0.2, 0) is 12.0 Å². The Bertz CT molecular complexity index is 981. The summed E-state index contributed by atoms with van der Waals surface area (Å²) < 4.78 is 22.1. The fourth-order valence-corrected chi connectivity index (χ4v) is 2.76. The number of nitrogens with one attached hydrogen (secondary N) is 1. The number of carbonyl (C=O) groups excluding carboxylic acids is 1. The summed E-state index contributed by atoms with van der Waals surface area (Å²) in [6, 6.07) is 14.7. The van der Waals surface area contributed by atoms with E-state index in [2.05, 4.69) is 10.5 Å². The normalized spacial score (nSPS) is 11.1. The van der Waals surface area contributed by atoms with Crippen LogP contribution in [0.4, 0.5) is 5.82 Å². The highest BCUT2D eigenvalue weighted by atomic mass is 16.5. The molecule has 0 fully saturated rings. The number of benzene rings is 2. The van der Waals surface area contributed by atoms with Gasteiger partial charge in [-0.25, -0.2) is 0 Å². The van der Waals surface area contributed by atoms with E-state index in [0.717, 1.165) is 5.56 Å². The van der Waals surface area contributed by atoms with Crippen molar-refractivity contribution in [1.29, 1.82) is 0 Å². The predicted octanol–water partition coefficient (Wildman–Crippen LogP) is 4.82. The second-order valence-electron chi connectivity index (χ2n) is 7.76. The Morgan fingerprint density at radius 1 is 1.03 bits per heavy atom. The van der Waals surface area contributed by atoms with Gasteiger partial charge in [0.1, 0.15) is 12.4 Å². The van der Waals surface area contributed by atoms with Crippen LogP contribution in [0, 0.1) is 0 Å². The second-order valence-corrected chi connectivity index (χ2v) is 7.76. The molecule has 3 rings (SSSR count). The third-order valence-corrected chi connectivity index (χ3v) is 4.44. The van der Waals surface area contributed by atoms with Gasteiger partial charge in [-0.05, 0) is 17.7 Å². The van der Waals surface area contributed by atoms with Gasteiger partial charge in [-0.15, -0.1) is 0 Å². The first-order valence-electron chi connectivity index (χ1n) is 9.53. The van der Waals surface area contributed by atoms with E-state index in [9.17, 15) is 4.79 Å². The Kier molecular flexibility index (Phi) is 6.30. The van der Waals surface area contributed by atoms with Crippen LogP contribution in [0.3, 0.4) is 0 Å². The summed E-state index contributed by atoms with van der Waals surface area (Å²) in [7, 11) is 3.03. The Balaban J connectivity index is 1.81. The number of amides is 1. The van der Waals surface area contributed by atoms with Crippen LogP contribution in [0.15, 0.2) is 53.1 Å². The minimum absolute atomic E-state index is 0.208. The average Bonchev–Trinajstić information content (AvgIpc) is 3.21. The molecule has 0 spiro atoms. The molecule has 30 heavy (non-hydrogen) atoms. The molecule has 0 unspecified atom stereocenters. The molecule has 0 bridgehead atoms. The van der Waals surface area contributed by atoms with Crippen molar-refractivity contribution in [3.8, 4) is 17.2 Å². The Hall–Kier alpha value is -3.48. The van der Waals surface area contributed by atoms with E-state index >= 15 is 0 Å². The highest BCUT2D eigenvalue weighted by Gasteiger charge is 2.22. The quantitative estimate of drug-likeness (QED) is 0.601. The van der Waals surface area contributed by atoms with Gasteiger partial charge in [0.15, 0.2) is 17.3 Å². The fraction of sp³-hybridized carbons (Fsp3) is 0.304. The monoisotopic (exact) mass is 410 g/mol. The molecular formula is C23H26N2O5. The van der Waals surface area contributed by atoms with Crippen LogP contribution >= 0.6 is 0 Å². The number of hydrogen-bond acceptors (Lipinski definition) is 6. The molecule has 0 radical (unpaired) electrons. The molecule has 1 N–H and O–H groups in total. The van der Waals surface area contributed by atoms with Gasteiger partial charge in [0.2, 0.25) is 5.75 Å². The second kappa shape index (κ2) is 8.90. The number of aromatic nitrogens is 1. The smallest absolute Gasteiger partial charge is 0.257 e. The predicted molar refractivity (Wildman–Crippen MR) is 113 cm³/mol. The molecule has 0 saturated carbocycles. The van der Waals surface area contributed by atoms with Crippen molar-refractivity contribution in [2.24, 2.45) is 0 Å². The van der Waals surface area contributed by atoms with Gasteiger partial charge in [-0.2, -0.15) is 0 Å². The number of carbonyl (C=O) groups is 1. The van der Waals surface area contributed by atoms with E-state index in [1.165, 1.54) is 14.2 Å². The molecule has 7 heteroatoms. The maximum Gasteiger partial charge on any atom is 0.257 e. The molecule has 1 amide bonds. The molecule has 3 aromatic rings. The Labute approximate surface area is 175 Å². The molecule has 0 atom stereocenters. The van der Waals surface area contributed by atoms with E-state index < -0.39 is 0 Å². The maximum atomic E-state index is 12.8. The van der Waals surface area contributed by atoms with Crippen LogP contribution < -0.4 is 19.5 Å². The summed E-state index contributed by atoms with van der Waals surface area (Å²) in [5.41, 5.74) is 1.14. The zero-order valence-corrected chi connectivity index (χ0v) is 17.8. The minimum Gasteiger partial charge on any atom is -0.493 e. The largest absolute Gasteiger partial charge is 0.493 e. The van der Waals surface area contributed by atoms with E-state index in [1.807, 2.05) is 51.1 Å². The molecule has 1 aromatic heterocycles. The van der Waals surface area contributed by atoms with Gasteiger partial charge in [0.25, 0.3) is 5.91 Å². The molecule has 0 aliphatic carbocycles. The zero-order chi connectivity index (χ0) is 21.7. The van der Waals surface area contributed by atoms with E-state index in [-0.39, 0.29) is 11.3 Å². The summed E-state index contributed by atoms with van der Waals surface area (Å²) in [6.07, 6.45) is 0. The number of nitrogens with zero attached hydrogens (tertiary/aromatic N) is 1. The van der Waals surface area contributed by atoms with Gasteiger partial charge >= 0.3 is 0 Å². The third-order valence-electron chi connectivity index (χ3n) is 4.44. The van der Waals surface area contributed by atoms with Crippen molar-refractivity contribution in [3.63, 3.8) is 0 Å². The number of rotatable bonds is 7. The Morgan fingerprint density at radius 3 is 2.20 bits per heavy atom. The molecule has 7 nitrogen and oxygen atoms in total. The molecule has 2 aromatic carbocycles. The summed E-state index contributed by atoms with van der Waals surface area (Å²) >= 11 is 0. The first-order valence-corrected chi connectivity index (χ1v) is 9.53. The number of anilines is 1. The highest BCUT2D eigenvalue weighted by molar-refractivity contribution is 6.04. The molecule has 0 aliphatic heterocycles. The lowest BCUT2D eigenvalue weighted by Crippen LogP contribution is -2.13. The lowest BCUT2D eigenvalue weighted by molar-refractivity contribution is 0.102. The molecule has 1 heterocycles. The van der Waals surface area contributed by atoms with Gasteiger partial charge in [0.05, 0.1) is 14.2 Å². The molecular weight excluding hydrogens is 384 g/mol. The van der Waals surface area contributed by atoms with Gasteiger partial charge in [0, 0.05) is 17.0 Å². The number of hydrogen-bond donors (Lipinski definition) is 1. The SMILES string of the molecule is COc1cc(C(=O)Nc2cc(C(C)(C)C)on2)cc(OC)c1OCc1ccccc1. The van der Waals surface area contributed by atoms with E-state index in [4.69, 9.17) is 18.7 Å². The lowest BCUT2D eigenvalue weighted by atomic mass is 9.93. The first kappa shape index (κ1) is 21.2. The Morgan fingerprint density at radius 2 is 1.67 bits per heavy atom. The highest BCUT2D eigenvalue weighted by Crippen LogP contribution is 2.39. The standard InChI is InChI=1S/C23H26N2O5/c1-23(2,3)19-13-20(25-30-19)24-22(26)16-11-17(27-4)21(18(12-16)28-5)29-14-15-9-7-6-8-10-15/h6-13H,14H2,1-5H3,(H,24,25,26). The van der Waals surface area contributed by atoms with E-state index in [1.54, 1.807) is 18.2 Å². The van der Waals surface area contributed by atoms with E-state index in [0.29, 0.717) is 41.0 Å². The summed E-state index contributed by atoms with van der Waals surface area (Å²) in [6.45, 7) is 6.35. The van der Waals surface area contributed by atoms with Crippen molar-refractivity contribution in [2.45, 2.75) is 32.8 Å². The third kappa shape index (κ3) is 4.92.